The first-order chi connectivity index (χ1) is 25.3. The lowest BCUT2D eigenvalue weighted by Gasteiger charge is -2.26. The van der Waals surface area contributed by atoms with Crippen LogP contribution >= 0.6 is 11.3 Å². The number of rotatable bonds is 5. The summed E-state index contributed by atoms with van der Waals surface area (Å²) in [5, 5.41) is 7.70. The zero-order chi connectivity index (χ0) is 33.5. The molecule has 0 bridgehead atoms. The van der Waals surface area contributed by atoms with Gasteiger partial charge >= 0.3 is 0 Å². The van der Waals surface area contributed by atoms with E-state index in [1.807, 2.05) is 11.3 Å². The van der Waals surface area contributed by atoms with Gasteiger partial charge in [0.15, 0.2) is 0 Å². The molecule has 0 radical (unpaired) electrons. The smallest absolute Gasteiger partial charge is 0.0622 e. The summed E-state index contributed by atoms with van der Waals surface area (Å²) in [4.78, 5) is 2.44. The third-order valence-corrected chi connectivity index (χ3v) is 11.7. The molecule has 0 aliphatic carbocycles. The number of para-hydroxylation sites is 2. The Balaban J connectivity index is 1.11. The minimum atomic E-state index is 1.13. The van der Waals surface area contributed by atoms with Crippen LogP contribution in [0, 0.1) is 0 Å². The van der Waals surface area contributed by atoms with E-state index in [4.69, 9.17) is 0 Å². The van der Waals surface area contributed by atoms with Crippen molar-refractivity contribution in [2.75, 3.05) is 4.90 Å². The topological polar surface area (TPSA) is 7.65 Å². The monoisotopic (exact) mass is 666 g/mol. The average molecular weight is 667 g/mol. The van der Waals surface area contributed by atoms with Crippen LogP contribution in [0.3, 0.4) is 0 Å². The molecule has 238 valence electrons. The second-order valence-corrected chi connectivity index (χ2v) is 14.4. The Morgan fingerprint density at radius 3 is 1.45 bits per heavy atom. The number of thiophene rings is 1. The number of fused-ring (bicyclic) bond motifs is 9. The van der Waals surface area contributed by atoms with Gasteiger partial charge in [0.2, 0.25) is 0 Å². The number of hydrogen-bond donors (Lipinski definition) is 0. The Bertz CT molecular complexity index is 2980. The molecule has 0 spiro atoms. The Kier molecular flexibility index (Phi) is 6.16. The first-order valence-electron chi connectivity index (χ1n) is 17.4. The molecule has 3 aromatic heterocycles. The van der Waals surface area contributed by atoms with Gasteiger partial charge in [-0.1, -0.05) is 121 Å². The fraction of sp³-hybridized carbons (Fsp3) is 0. The van der Waals surface area contributed by atoms with Gasteiger partial charge in [-0.15, -0.1) is 11.3 Å². The van der Waals surface area contributed by atoms with Crippen molar-refractivity contribution in [2.24, 2.45) is 0 Å². The van der Waals surface area contributed by atoms with Gasteiger partial charge in [0.1, 0.15) is 0 Å². The predicted octanol–water partition coefficient (Wildman–Crippen LogP) is 14.0. The van der Waals surface area contributed by atoms with Gasteiger partial charge in [0, 0.05) is 58.8 Å². The molecule has 3 heterocycles. The first kappa shape index (κ1) is 28.4. The van der Waals surface area contributed by atoms with E-state index in [9.17, 15) is 0 Å². The standard InChI is InChI=1S/C48H30N2S/c1-2-10-31(11-3-1)32-18-20-33(21-19-32)34-22-24-35(25-23-34)49(36-26-27-47-41(28-36)40-14-6-9-17-46(40)51-47)37-29-42-38-12-4-7-15-44(38)50-45-16-8-5-13-39(45)43(30-37)48(42)50/h1-30H. The van der Waals surface area contributed by atoms with Crippen LogP contribution in [0.25, 0.3) is 80.5 Å². The molecule has 0 atom stereocenters. The van der Waals surface area contributed by atoms with E-state index in [0.29, 0.717) is 0 Å². The number of nitrogens with zero attached hydrogens (tertiary/aromatic N) is 2. The van der Waals surface area contributed by atoms with Crippen LogP contribution in [-0.2, 0) is 0 Å². The summed E-state index contributed by atoms with van der Waals surface area (Å²) >= 11 is 1.86. The second kappa shape index (κ2) is 11.0. The maximum absolute atomic E-state index is 2.45. The van der Waals surface area contributed by atoms with Crippen molar-refractivity contribution in [3.05, 3.63) is 182 Å². The molecule has 0 aliphatic rings. The molecule has 11 aromatic rings. The lowest BCUT2D eigenvalue weighted by atomic mass is 10.00. The minimum absolute atomic E-state index is 1.13. The van der Waals surface area contributed by atoms with Crippen molar-refractivity contribution in [1.82, 2.24) is 4.40 Å². The van der Waals surface area contributed by atoms with E-state index in [2.05, 4.69) is 191 Å². The van der Waals surface area contributed by atoms with Gasteiger partial charge in [-0.2, -0.15) is 0 Å². The maximum atomic E-state index is 2.45. The molecular formula is C48H30N2S. The van der Waals surface area contributed by atoms with Crippen molar-refractivity contribution < 1.29 is 0 Å². The molecule has 0 N–H and O–H groups in total. The van der Waals surface area contributed by atoms with Crippen LogP contribution in [0.4, 0.5) is 17.1 Å². The van der Waals surface area contributed by atoms with Crippen LogP contribution in [0.2, 0.25) is 0 Å². The summed E-state index contributed by atoms with van der Waals surface area (Å²) in [5.41, 5.74) is 12.1. The molecule has 0 amide bonds. The fourth-order valence-electron chi connectivity index (χ4n) is 8.15. The molecule has 11 rings (SSSR count). The zero-order valence-corrected chi connectivity index (χ0v) is 28.4. The molecule has 2 nitrogen and oxygen atoms in total. The minimum Gasteiger partial charge on any atom is -0.310 e. The maximum Gasteiger partial charge on any atom is 0.0622 e. The van der Waals surface area contributed by atoms with Gasteiger partial charge in [-0.25, -0.2) is 0 Å². The lowest BCUT2D eigenvalue weighted by molar-refractivity contribution is 1.30. The van der Waals surface area contributed by atoms with Crippen molar-refractivity contribution in [2.45, 2.75) is 0 Å². The molecule has 0 saturated heterocycles. The van der Waals surface area contributed by atoms with Gasteiger partial charge in [-0.05, 0) is 82.9 Å². The molecule has 8 aromatic carbocycles. The van der Waals surface area contributed by atoms with Crippen molar-refractivity contribution in [1.29, 1.82) is 0 Å². The van der Waals surface area contributed by atoms with Gasteiger partial charge in [-0.3, -0.25) is 0 Å². The Labute approximate surface area is 299 Å². The Hall–Kier alpha value is -6.42. The molecule has 3 heteroatoms. The highest BCUT2D eigenvalue weighted by molar-refractivity contribution is 7.25. The highest BCUT2D eigenvalue weighted by atomic mass is 32.1. The van der Waals surface area contributed by atoms with E-state index >= 15 is 0 Å². The average Bonchev–Trinajstić information content (AvgIpc) is 3.85. The zero-order valence-electron chi connectivity index (χ0n) is 27.6. The third-order valence-electron chi connectivity index (χ3n) is 10.5. The number of anilines is 3. The van der Waals surface area contributed by atoms with Crippen molar-refractivity contribution in [3.8, 4) is 22.3 Å². The van der Waals surface area contributed by atoms with Crippen molar-refractivity contribution in [3.63, 3.8) is 0 Å². The molecule has 51 heavy (non-hydrogen) atoms. The fourth-order valence-corrected chi connectivity index (χ4v) is 9.24. The van der Waals surface area contributed by atoms with Crippen LogP contribution in [-0.4, -0.2) is 4.40 Å². The van der Waals surface area contributed by atoms with Crippen LogP contribution in [0.1, 0.15) is 0 Å². The predicted molar refractivity (Wildman–Crippen MR) is 220 cm³/mol. The SMILES string of the molecule is c1ccc(-c2ccc(-c3ccc(N(c4ccc5sc6ccccc6c5c4)c4cc5c6ccccc6n6c7ccccc7c(c4)c56)cc3)cc2)cc1. The van der Waals surface area contributed by atoms with Gasteiger partial charge in [0.25, 0.3) is 0 Å². The normalized spacial score (nSPS) is 11.9. The quantitative estimate of drug-likeness (QED) is 0.177. The number of aromatic nitrogens is 1. The summed E-state index contributed by atoms with van der Waals surface area (Å²) in [7, 11) is 0. The molecular weight excluding hydrogens is 637 g/mol. The van der Waals surface area contributed by atoms with E-state index < -0.39 is 0 Å². The lowest BCUT2D eigenvalue weighted by Crippen LogP contribution is -2.09. The highest BCUT2D eigenvalue weighted by Crippen LogP contribution is 2.46. The number of benzene rings is 8. The number of hydrogen-bond acceptors (Lipinski definition) is 2. The highest BCUT2D eigenvalue weighted by Gasteiger charge is 2.22. The first-order valence-corrected chi connectivity index (χ1v) is 18.2. The summed E-state index contributed by atoms with van der Waals surface area (Å²) in [6.45, 7) is 0. The van der Waals surface area contributed by atoms with E-state index in [0.717, 1.165) is 17.1 Å². The molecule has 0 aliphatic heterocycles. The van der Waals surface area contributed by atoms with Gasteiger partial charge < -0.3 is 9.30 Å². The largest absolute Gasteiger partial charge is 0.310 e. The summed E-state index contributed by atoms with van der Waals surface area (Å²) in [6, 6.07) is 66.7. The second-order valence-electron chi connectivity index (χ2n) is 13.4. The molecule has 0 fully saturated rings. The molecule has 0 unspecified atom stereocenters. The summed E-state index contributed by atoms with van der Waals surface area (Å²) < 4.78 is 5.07. The summed E-state index contributed by atoms with van der Waals surface area (Å²) in [5.74, 6) is 0. The van der Waals surface area contributed by atoms with Crippen LogP contribution in [0.15, 0.2) is 182 Å². The molecule has 0 saturated carbocycles. The van der Waals surface area contributed by atoms with Crippen LogP contribution in [0.5, 0.6) is 0 Å². The van der Waals surface area contributed by atoms with E-state index in [-0.39, 0.29) is 0 Å². The van der Waals surface area contributed by atoms with E-state index in [1.54, 1.807) is 0 Å². The Morgan fingerprint density at radius 2 is 0.804 bits per heavy atom. The van der Waals surface area contributed by atoms with Crippen molar-refractivity contribution >= 4 is 86.7 Å². The third kappa shape index (κ3) is 4.35. The van der Waals surface area contributed by atoms with Crippen LogP contribution < -0.4 is 4.90 Å². The summed E-state index contributed by atoms with van der Waals surface area (Å²) in [6.07, 6.45) is 0. The van der Waals surface area contributed by atoms with E-state index in [1.165, 1.54) is 80.5 Å². The van der Waals surface area contributed by atoms with Gasteiger partial charge in [0.05, 0.1) is 16.6 Å². The Morgan fingerprint density at radius 1 is 0.333 bits per heavy atom.